The molecular weight excluding hydrogens is 256 g/mol. The third-order valence-electron chi connectivity index (χ3n) is 4.77. The van der Waals surface area contributed by atoms with Gasteiger partial charge in [-0.15, -0.1) is 0 Å². The lowest BCUT2D eigenvalue weighted by Crippen LogP contribution is -2.59. The van der Waals surface area contributed by atoms with Crippen LogP contribution in [0.1, 0.15) is 19.8 Å². The molecule has 2 unspecified atom stereocenters. The van der Waals surface area contributed by atoms with E-state index in [0.29, 0.717) is 19.1 Å². The van der Waals surface area contributed by atoms with Gasteiger partial charge in [0, 0.05) is 38.3 Å². The Kier molecular flexibility index (Phi) is 3.94. The van der Waals surface area contributed by atoms with Crippen LogP contribution in [0.5, 0.6) is 0 Å². The summed E-state index contributed by atoms with van der Waals surface area (Å²) >= 11 is 0. The molecule has 6 nitrogen and oxygen atoms in total. The molecule has 0 aromatic rings. The molecular formula is C14H24N4O2. The number of fused-ring (bicyclic) bond motifs is 1. The summed E-state index contributed by atoms with van der Waals surface area (Å²) in [7, 11) is 0. The Morgan fingerprint density at radius 3 is 3.00 bits per heavy atom. The molecule has 3 saturated heterocycles. The minimum absolute atomic E-state index is 0.0387. The van der Waals surface area contributed by atoms with Crippen LogP contribution in [0.25, 0.3) is 0 Å². The molecule has 3 rings (SSSR count). The standard InChI is InChI=1S/C14H24N4O2/c1-11-8-16-5-2-3-12(16)9-18(11)14(20)10-17-6-4-15-7-13(17)19/h11-12,15H,2-10H2,1H3. The molecule has 0 aliphatic carbocycles. The van der Waals surface area contributed by atoms with E-state index < -0.39 is 0 Å². The van der Waals surface area contributed by atoms with Gasteiger partial charge in [-0.05, 0) is 26.3 Å². The van der Waals surface area contributed by atoms with E-state index in [1.165, 1.54) is 19.4 Å². The van der Waals surface area contributed by atoms with Crippen molar-refractivity contribution in [2.45, 2.75) is 31.8 Å². The number of carbonyl (C=O) groups excluding carboxylic acids is 2. The molecule has 0 spiro atoms. The first kappa shape index (κ1) is 13.8. The molecule has 112 valence electrons. The molecule has 6 heteroatoms. The summed E-state index contributed by atoms with van der Waals surface area (Å²) in [6.45, 7) is 7.13. The minimum atomic E-state index is 0.0387. The quantitative estimate of drug-likeness (QED) is 0.713. The number of amides is 2. The van der Waals surface area contributed by atoms with Crippen LogP contribution in [0.2, 0.25) is 0 Å². The highest BCUT2D eigenvalue weighted by Gasteiger charge is 2.37. The molecule has 3 aliphatic heterocycles. The van der Waals surface area contributed by atoms with Gasteiger partial charge in [0.25, 0.3) is 0 Å². The second kappa shape index (κ2) is 5.69. The number of carbonyl (C=O) groups is 2. The predicted molar refractivity (Wildman–Crippen MR) is 75.2 cm³/mol. The topological polar surface area (TPSA) is 55.9 Å². The Morgan fingerprint density at radius 2 is 2.20 bits per heavy atom. The van der Waals surface area contributed by atoms with Crippen LogP contribution in [-0.2, 0) is 9.59 Å². The number of nitrogens with one attached hydrogen (secondary N) is 1. The van der Waals surface area contributed by atoms with Crippen molar-refractivity contribution in [3.63, 3.8) is 0 Å². The van der Waals surface area contributed by atoms with E-state index in [1.54, 1.807) is 4.90 Å². The van der Waals surface area contributed by atoms with Gasteiger partial charge in [0.05, 0.1) is 13.1 Å². The van der Waals surface area contributed by atoms with Crippen LogP contribution in [0.15, 0.2) is 0 Å². The molecule has 1 N–H and O–H groups in total. The molecule has 0 saturated carbocycles. The number of nitrogens with zero attached hydrogens (tertiary/aromatic N) is 3. The Bertz CT molecular complexity index is 401. The van der Waals surface area contributed by atoms with Crippen LogP contribution >= 0.6 is 0 Å². The van der Waals surface area contributed by atoms with Gasteiger partial charge in [0.1, 0.15) is 0 Å². The summed E-state index contributed by atoms with van der Waals surface area (Å²) in [6, 6.07) is 0.795. The molecule has 20 heavy (non-hydrogen) atoms. The smallest absolute Gasteiger partial charge is 0.242 e. The monoisotopic (exact) mass is 280 g/mol. The van der Waals surface area contributed by atoms with Gasteiger partial charge in [-0.3, -0.25) is 14.5 Å². The van der Waals surface area contributed by atoms with Gasteiger partial charge in [-0.1, -0.05) is 0 Å². The van der Waals surface area contributed by atoms with Crippen molar-refractivity contribution >= 4 is 11.8 Å². The highest BCUT2D eigenvalue weighted by molar-refractivity contribution is 5.86. The van der Waals surface area contributed by atoms with Crippen LogP contribution in [0.4, 0.5) is 0 Å². The Balaban J connectivity index is 1.60. The first-order valence-electron chi connectivity index (χ1n) is 7.67. The molecule has 3 heterocycles. The third kappa shape index (κ3) is 2.67. The molecule has 3 fully saturated rings. The lowest BCUT2D eigenvalue weighted by Gasteiger charge is -2.43. The Hall–Kier alpha value is -1.14. The second-order valence-electron chi connectivity index (χ2n) is 6.18. The zero-order valence-electron chi connectivity index (χ0n) is 12.2. The third-order valence-corrected chi connectivity index (χ3v) is 4.77. The van der Waals surface area contributed by atoms with Gasteiger partial charge >= 0.3 is 0 Å². The van der Waals surface area contributed by atoms with Gasteiger partial charge in [-0.25, -0.2) is 0 Å². The number of hydrogen-bond acceptors (Lipinski definition) is 4. The first-order valence-corrected chi connectivity index (χ1v) is 7.67. The highest BCUT2D eigenvalue weighted by atomic mass is 16.2. The molecule has 0 aromatic heterocycles. The summed E-state index contributed by atoms with van der Waals surface area (Å²) in [5, 5.41) is 3.03. The fourth-order valence-corrected chi connectivity index (χ4v) is 3.60. The maximum absolute atomic E-state index is 12.5. The maximum atomic E-state index is 12.5. The molecule has 0 bridgehead atoms. The summed E-state index contributed by atoms with van der Waals surface area (Å²) in [5.74, 6) is 0.149. The Morgan fingerprint density at radius 1 is 1.35 bits per heavy atom. The van der Waals surface area contributed by atoms with Gasteiger partial charge in [0.15, 0.2) is 0 Å². The fourth-order valence-electron chi connectivity index (χ4n) is 3.60. The minimum Gasteiger partial charge on any atom is -0.336 e. The van der Waals surface area contributed by atoms with Crippen molar-refractivity contribution in [2.75, 3.05) is 45.8 Å². The number of rotatable bonds is 2. The van der Waals surface area contributed by atoms with E-state index in [9.17, 15) is 9.59 Å². The lowest BCUT2D eigenvalue weighted by atomic mass is 10.1. The van der Waals surface area contributed by atoms with Crippen molar-refractivity contribution in [1.82, 2.24) is 20.0 Å². The SMILES string of the molecule is CC1CN2CCCC2CN1C(=O)CN1CCNCC1=O. The summed E-state index contributed by atoms with van der Waals surface area (Å²) in [4.78, 5) is 30.4. The zero-order chi connectivity index (χ0) is 14.1. The normalized spacial score (nSPS) is 31.6. The van der Waals surface area contributed by atoms with Gasteiger partial charge < -0.3 is 15.1 Å². The van der Waals surface area contributed by atoms with Crippen molar-refractivity contribution in [2.24, 2.45) is 0 Å². The maximum Gasteiger partial charge on any atom is 0.242 e. The van der Waals surface area contributed by atoms with Crippen molar-refractivity contribution in [3.05, 3.63) is 0 Å². The van der Waals surface area contributed by atoms with E-state index in [0.717, 1.165) is 19.6 Å². The number of hydrogen-bond donors (Lipinski definition) is 1. The lowest BCUT2D eigenvalue weighted by molar-refractivity contribution is -0.144. The van der Waals surface area contributed by atoms with Crippen molar-refractivity contribution in [3.8, 4) is 0 Å². The largest absolute Gasteiger partial charge is 0.336 e. The van der Waals surface area contributed by atoms with E-state index in [4.69, 9.17) is 0 Å². The average molecular weight is 280 g/mol. The summed E-state index contributed by atoms with van der Waals surface area (Å²) < 4.78 is 0. The molecule has 2 amide bonds. The molecule has 2 atom stereocenters. The molecule has 0 radical (unpaired) electrons. The highest BCUT2D eigenvalue weighted by Crippen LogP contribution is 2.24. The summed E-state index contributed by atoms with van der Waals surface area (Å²) in [6.07, 6.45) is 2.44. The van der Waals surface area contributed by atoms with E-state index >= 15 is 0 Å². The fraction of sp³-hybridized carbons (Fsp3) is 0.857. The van der Waals surface area contributed by atoms with Gasteiger partial charge in [-0.2, -0.15) is 0 Å². The summed E-state index contributed by atoms with van der Waals surface area (Å²) in [5.41, 5.74) is 0. The van der Waals surface area contributed by atoms with E-state index in [-0.39, 0.29) is 24.4 Å². The van der Waals surface area contributed by atoms with Crippen molar-refractivity contribution in [1.29, 1.82) is 0 Å². The molecule has 3 aliphatic rings. The van der Waals surface area contributed by atoms with Crippen LogP contribution in [0, 0.1) is 0 Å². The van der Waals surface area contributed by atoms with Gasteiger partial charge in [0.2, 0.25) is 11.8 Å². The second-order valence-corrected chi connectivity index (χ2v) is 6.18. The van der Waals surface area contributed by atoms with Crippen molar-refractivity contribution < 1.29 is 9.59 Å². The van der Waals surface area contributed by atoms with Crippen LogP contribution in [-0.4, -0.2) is 84.4 Å². The van der Waals surface area contributed by atoms with E-state index in [1.807, 2.05) is 4.90 Å². The van der Waals surface area contributed by atoms with E-state index in [2.05, 4.69) is 17.1 Å². The molecule has 0 aromatic carbocycles. The number of piperazine rings is 2. The Labute approximate surface area is 120 Å². The first-order chi connectivity index (χ1) is 9.65. The average Bonchev–Trinajstić information content (AvgIpc) is 2.87. The van der Waals surface area contributed by atoms with Crippen LogP contribution in [0.3, 0.4) is 0 Å². The zero-order valence-corrected chi connectivity index (χ0v) is 12.2. The van der Waals surface area contributed by atoms with Crippen LogP contribution < -0.4 is 5.32 Å². The predicted octanol–water partition coefficient (Wildman–Crippen LogP) is -0.887.